The standard InChI is InChI=1S/C17H15FN2O2/c18-13-6-2-3-7-14(13)19-16(21)11-20-15-8-4-1-5-12(15)9-10-17(20)22/h1-8H,9-11H2,(H,19,21). The minimum atomic E-state index is -0.499. The summed E-state index contributed by atoms with van der Waals surface area (Å²) in [5.74, 6) is -1.02. The van der Waals surface area contributed by atoms with Gasteiger partial charge in [0.25, 0.3) is 0 Å². The number of hydrogen-bond donors (Lipinski definition) is 1. The van der Waals surface area contributed by atoms with Crippen LogP contribution in [0.3, 0.4) is 0 Å². The van der Waals surface area contributed by atoms with Gasteiger partial charge in [0.1, 0.15) is 12.4 Å². The maximum absolute atomic E-state index is 13.5. The monoisotopic (exact) mass is 298 g/mol. The summed E-state index contributed by atoms with van der Waals surface area (Å²) < 4.78 is 13.5. The van der Waals surface area contributed by atoms with Crippen molar-refractivity contribution in [3.63, 3.8) is 0 Å². The summed E-state index contributed by atoms with van der Waals surface area (Å²) in [6, 6.07) is 13.5. The van der Waals surface area contributed by atoms with E-state index < -0.39 is 11.7 Å². The van der Waals surface area contributed by atoms with Crippen LogP contribution in [0, 0.1) is 5.82 Å². The van der Waals surface area contributed by atoms with Crippen LogP contribution < -0.4 is 10.2 Å². The van der Waals surface area contributed by atoms with Crippen LogP contribution in [0.1, 0.15) is 12.0 Å². The van der Waals surface area contributed by atoms with E-state index in [0.717, 1.165) is 11.3 Å². The lowest BCUT2D eigenvalue weighted by molar-refractivity contribution is -0.121. The normalized spacial score (nSPS) is 13.7. The van der Waals surface area contributed by atoms with E-state index >= 15 is 0 Å². The summed E-state index contributed by atoms with van der Waals surface area (Å²) in [7, 11) is 0. The Labute approximate surface area is 127 Å². The zero-order chi connectivity index (χ0) is 15.5. The van der Waals surface area contributed by atoms with Gasteiger partial charge in [0.05, 0.1) is 5.69 Å². The van der Waals surface area contributed by atoms with Gasteiger partial charge >= 0.3 is 0 Å². The molecule has 4 nitrogen and oxygen atoms in total. The Bertz CT molecular complexity index is 730. The van der Waals surface area contributed by atoms with E-state index in [2.05, 4.69) is 5.32 Å². The quantitative estimate of drug-likeness (QED) is 0.947. The third-order valence-electron chi connectivity index (χ3n) is 3.64. The van der Waals surface area contributed by atoms with Crippen molar-refractivity contribution >= 4 is 23.2 Å². The van der Waals surface area contributed by atoms with Gasteiger partial charge in [-0.2, -0.15) is 0 Å². The van der Waals surface area contributed by atoms with Crippen molar-refractivity contribution < 1.29 is 14.0 Å². The molecule has 1 heterocycles. The predicted molar refractivity (Wildman–Crippen MR) is 82.1 cm³/mol. The molecule has 5 heteroatoms. The van der Waals surface area contributed by atoms with Crippen LogP contribution in [-0.4, -0.2) is 18.4 Å². The minimum Gasteiger partial charge on any atom is -0.322 e. The number of fused-ring (bicyclic) bond motifs is 1. The first-order chi connectivity index (χ1) is 10.6. The van der Waals surface area contributed by atoms with Gasteiger partial charge in [-0.25, -0.2) is 4.39 Å². The number of halogens is 1. The van der Waals surface area contributed by atoms with E-state index in [9.17, 15) is 14.0 Å². The maximum Gasteiger partial charge on any atom is 0.244 e. The lowest BCUT2D eigenvalue weighted by atomic mass is 10.0. The summed E-state index contributed by atoms with van der Waals surface area (Å²) in [6.07, 6.45) is 1.06. The molecule has 0 aromatic heterocycles. The Hall–Kier alpha value is -2.69. The topological polar surface area (TPSA) is 49.4 Å². The fraction of sp³-hybridized carbons (Fsp3) is 0.176. The third kappa shape index (κ3) is 2.83. The average molecular weight is 298 g/mol. The Morgan fingerprint density at radius 3 is 2.64 bits per heavy atom. The number of para-hydroxylation sites is 2. The van der Waals surface area contributed by atoms with Crippen molar-refractivity contribution in [2.75, 3.05) is 16.8 Å². The van der Waals surface area contributed by atoms with Crippen LogP contribution in [0.2, 0.25) is 0 Å². The van der Waals surface area contributed by atoms with Crippen LogP contribution in [-0.2, 0) is 16.0 Å². The Kier molecular flexibility index (Phi) is 3.87. The highest BCUT2D eigenvalue weighted by Gasteiger charge is 2.25. The molecule has 22 heavy (non-hydrogen) atoms. The second-order valence-electron chi connectivity index (χ2n) is 5.14. The second kappa shape index (κ2) is 5.97. The molecule has 0 aliphatic carbocycles. The van der Waals surface area contributed by atoms with Gasteiger partial charge in [-0.3, -0.25) is 9.59 Å². The zero-order valence-corrected chi connectivity index (χ0v) is 11.9. The SMILES string of the molecule is O=C(CN1C(=O)CCc2ccccc21)Nc1ccccc1F. The molecule has 2 aromatic carbocycles. The highest BCUT2D eigenvalue weighted by Crippen LogP contribution is 2.27. The molecule has 2 aromatic rings. The molecule has 112 valence electrons. The van der Waals surface area contributed by atoms with Gasteiger partial charge in [-0.05, 0) is 30.2 Å². The van der Waals surface area contributed by atoms with Crippen molar-refractivity contribution in [1.29, 1.82) is 0 Å². The molecular weight excluding hydrogens is 283 g/mol. The van der Waals surface area contributed by atoms with Crippen LogP contribution in [0.4, 0.5) is 15.8 Å². The molecule has 0 saturated heterocycles. The van der Waals surface area contributed by atoms with Gasteiger partial charge < -0.3 is 10.2 Å². The molecule has 1 aliphatic heterocycles. The number of nitrogens with zero attached hydrogens (tertiary/aromatic N) is 1. The van der Waals surface area contributed by atoms with Gasteiger partial charge in [-0.1, -0.05) is 30.3 Å². The molecule has 1 N–H and O–H groups in total. The van der Waals surface area contributed by atoms with Crippen LogP contribution in [0.25, 0.3) is 0 Å². The number of aryl methyl sites for hydroxylation is 1. The van der Waals surface area contributed by atoms with E-state index in [-0.39, 0.29) is 18.1 Å². The second-order valence-corrected chi connectivity index (χ2v) is 5.14. The summed E-state index contributed by atoms with van der Waals surface area (Å²) in [5.41, 5.74) is 1.91. The van der Waals surface area contributed by atoms with Crippen molar-refractivity contribution in [3.8, 4) is 0 Å². The molecule has 0 saturated carbocycles. The Morgan fingerprint density at radius 1 is 1.09 bits per heavy atom. The zero-order valence-electron chi connectivity index (χ0n) is 11.9. The van der Waals surface area contributed by atoms with E-state index in [1.165, 1.54) is 17.0 Å². The van der Waals surface area contributed by atoms with Gasteiger partial charge in [0.2, 0.25) is 11.8 Å². The number of benzene rings is 2. The first-order valence-corrected chi connectivity index (χ1v) is 7.08. The van der Waals surface area contributed by atoms with E-state index in [1.807, 2.05) is 24.3 Å². The molecule has 0 bridgehead atoms. The first kappa shape index (κ1) is 14.3. The molecule has 2 amide bonds. The van der Waals surface area contributed by atoms with Gasteiger partial charge in [-0.15, -0.1) is 0 Å². The molecular formula is C17H15FN2O2. The van der Waals surface area contributed by atoms with Crippen LogP contribution >= 0.6 is 0 Å². The van der Waals surface area contributed by atoms with Crippen molar-refractivity contribution in [2.45, 2.75) is 12.8 Å². The summed E-state index contributed by atoms with van der Waals surface area (Å²) in [6.45, 7) is -0.121. The summed E-state index contributed by atoms with van der Waals surface area (Å²) in [5, 5.41) is 2.50. The van der Waals surface area contributed by atoms with Crippen LogP contribution in [0.5, 0.6) is 0 Å². The highest BCUT2D eigenvalue weighted by molar-refractivity contribution is 6.04. The Balaban J connectivity index is 1.77. The van der Waals surface area contributed by atoms with E-state index in [1.54, 1.807) is 12.1 Å². The lowest BCUT2D eigenvalue weighted by Gasteiger charge is -2.28. The van der Waals surface area contributed by atoms with E-state index in [4.69, 9.17) is 0 Å². The molecule has 0 unspecified atom stereocenters. The summed E-state index contributed by atoms with van der Waals surface area (Å²) in [4.78, 5) is 25.7. The number of amides is 2. The number of nitrogens with one attached hydrogen (secondary N) is 1. The van der Waals surface area contributed by atoms with Crippen molar-refractivity contribution in [2.24, 2.45) is 0 Å². The molecule has 3 rings (SSSR count). The molecule has 0 atom stereocenters. The largest absolute Gasteiger partial charge is 0.322 e. The highest BCUT2D eigenvalue weighted by atomic mass is 19.1. The van der Waals surface area contributed by atoms with Crippen LogP contribution in [0.15, 0.2) is 48.5 Å². The minimum absolute atomic E-state index is 0.0950. The number of carbonyl (C=O) groups excluding carboxylic acids is 2. The molecule has 1 aliphatic rings. The number of rotatable bonds is 3. The summed E-state index contributed by atoms with van der Waals surface area (Å²) >= 11 is 0. The average Bonchev–Trinajstić information content (AvgIpc) is 2.52. The lowest BCUT2D eigenvalue weighted by Crippen LogP contribution is -2.40. The van der Waals surface area contributed by atoms with Gasteiger partial charge in [0, 0.05) is 12.1 Å². The number of hydrogen-bond acceptors (Lipinski definition) is 2. The first-order valence-electron chi connectivity index (χ1n) is 7.08. The Morgan fingerprint density at radius 2 is 1.82 bits per heavy atom. The number of carbonyl (C=O) groups is 2. The van der Waals surface area contributed by atoms with E-state index in [0.29, 0.717) is 12.8 Å². The molecule has 0 radical (unpaired) electrons. The third-order valence-corrected chi connectivity index (χ3v) is 3.64. The molecule has 0 fully saturated rings. The number of anilines is 2. The fourth-order valence-corrected chi connectivity index (χ4v) is 2.57. The van der Waals surface area contributed by atoms with Crippen molar-refractivity contribution in [1.82, 2.24) is 0 Å². The molecule has 0 spiro atoms. The maximum atomic E-state index is 13.5. The smallest absolute Gasteiger partial charge is 0.244 e. The predicted octanol–water partition coefficient (Wildman–Crippen LogP) is 2.74. The fourth-order valence-electron chi connectivity index (χ4n) is 2.57. The van der Waals surface area contributed by atoms with Gasteiger partial charge in [0.15, 0.2) is 0 Å². The van der Waals surface area contributed by atoms with Crippen molar-refractivity contribution in [3.05, 3.63) is 59.9 Å².